The van der Waals surface area contributed by atoms with E-state index in [1.54, 1.807) is 4.90 Å². The van der Waals surface area contributed by atoms with Gasteiger partial charge in [0.15, 0.2) is 6.04 Å². The molecule has 4 amide bonds. The standard InChI is InChI=1S/C28H29F3N4O5/c1-16(18-7-8-18)34(14-17-5-3-2-4-6-17)22(36)15-35-25(38)27(40-26(35)39)12-11-19-13-20(9-10-21(19)27)33-24(37)23(32)28(29,30)31/h2-6,9-10,13,16,18,23H,7-8,11-12,14-15,32H2,1H3,(H,33,37)/t16-,23-,27-/m0/s1. The van der Waals surface area contributed by atoms with Crippen LogP contribution in [0.2, 0.25) is 0 Å². The van der Waals surface area contributed by atoms with Crippen molar-refractivity contribution in [2.24, 2.45) is 11.7 Å². The van der Waals surface area contributed by atoms with Gasteiger partial charge in [-0.05, 0) is 55.4 Å². The monoisotopic (exact) mass is 558 g/mol. The molecule has 2 aromatic rings. The highest BCUT2D eigenvalue weighted by Crippen LogP contribution is 2.46. The zero-order valence-corrected chi connectivity index (χ0v) is 21.7. The number of fused-ring (bicyclic) bond motifs is 2. The number of rotatable bonds is 8. The number of nitrogens with one attached hydrogen (secondary N) is 1. The van der Waals surface area contributed by atoms with Crippen LogP contribution in [0.15, 0.2) is 48.5 Å². The second kappa shape index (κ2) is 10.2. The number of nitrogens with two attached hydrogens (primary N) is 1. The van der Waals surface area contributed by atoms with Gasteiger partial charge in [-0.15, -0.1) is 0 Å². The number of benzene rings is 2. The second-order valence-electron chi connectivity index (χ2n) is 10.6. The number of hydrogen-bond acceptors (Lipinski definition) is 6. The molecule has 12 heteroatoms. The highest BCUT2D eigenvalue weighted by molar-refractivity contribution is 6.06. The predicted octanol–water partition coefficient (Wildman–Crippen LogP) is 3.46. The molecule has 5 rings (SSSR count). The van der Waals surface area contributed by atoms with E-state index in [0.717, 1.165) is 23.3 Å². The lowest BCUT2D eigenvalue weighted by molar-refractivity contribution is -0.159. The number of carbonyl (C=O) groups excluding carboxylic acids is 4. The van der Waals surface area contributed by atoms with Gasteiger partial charge >= 0.3 is 12.3 Å². The van der Waals surface area contributed by atoms with Crippen molar-refractivity contribution in [2.75, 3.05) is 11.9 Å². The molecule has 9 nitrogen and oxygen atoms in total. The van der Waals surface area contributed by atoms with E-state index in [1.165, 1.54) is 18.2 Å². The SMILES string of the molecule is C[C@@H](C1CC1)N(Cc1ccccc1)C(=O)CN1C(=O)O[C@]2(CCc3cc(NC(=O)[C@H](N)C(F)(F)F)ccc32)C1=O. The number of nitrogens with zero attached hydrogens (tertiary/aromatic N) is 2. The van der Waals surface area contributed by atoms with Crippen LogP contribution < -0.4 is 11.1 Å². The van der Waals surface area contributed by atoms with Crippen LogP contribution >= 0.6 is 0 Å². The minimum absolute atomic E-state index is 0.0647. The Morgan fingerprint density at radius 1 is 1.18 bits per heavy atom. The number of hydrogen-bond donors (Lipinski definition) is 2. The van der Waals surface area contributed by atoms with Crippen molar-refractivity contribution in [3.63, 3.8) is 0 Å². The van der Waals surface area contributed by atoms with Gasteiger partial charge in [-0.1, -0.05) is 36.4 Å². The lowest BCUT2D eigenvalue weighted by atomic mass is 9.94. The molecule has 1 aliphatic heterocycles. The molecule has 3 aliphatic rings. The van der Waals surface area contributed by atoms with Gasteiger partial charge in [0.05, 0.1) is 0 Å². The van der Waals surface area contributed by atoms with E-state index in [-0.39, 0.29) is 30.5 Å². The number of ether oxygens (including phenoxy) is 1. The first-order valence-electron chi connectivity index (χ1n) is 13.1. The molecule has 1 spiro atoms. The molecular formula is C28H29F3N4O5. The zero-order chi connectivity index (χ0) is 28.8. The Morgan fingerprint density at radius 3 is 2.52 bits per heavy atom. The minimum atomic E-state index is -4.90. The number of alkyl halides is 3. The van der Waals surface area contributed by atoms with E-state index in [0.29, 0.717) is 23.6 Å². The number of anilines is 1. The summed E-state index contributed by atoms with van der Waals surface area (Å²) in [5.41, 5.74) is 5.22. The van der Waals surface area contributed by atoms with E-state index in [1.807, 2.05) is 37.3 Å². The molecule has 0 unspecified atom stereocenters. The van der Waals surface area contributed by atoms with Crippen LogP contribution in [0.5, 0.6) is 0 Å². The van der Waals surface area contributed by atoms with E-state index >= 15 is 0 Å². The van der Waals surface area contributed by atoms with Crippen LogP contribution in [-0.4, -0.2) is 58.4 Å². The van der Waals surface area contributed by atoms with Gasteiger partial charge in [-0.2, -0.15) is 13.2 Å². The first-order chi connectivity index (χ1) is 18.9. The molecule has 2 aliphatic carbocycles. The second-order valence-corrected chi connectivity index (χ2v) is 10.6. The molecule has 3 N–H and O–H groups in total. The summed E-state index contributed by atoms with van der Waals surface area (Å²) in [4.78, 5) is 54.4. The summed E-state index contributed by atoms with van der Waals surface area (Å²) in [5, 5.41) is 2.13. The Kier molecular flexibility index (Phi) is 7.07. The van der Waals surface area contributed by atoms with Crippen molar-refractivity contribution in [1.29, 1.82) is 0 Å². The van der Waals surface area contributed by atoms with Crippen molar-refractivity contribution in [1.82, 2.24) is 9.80 Å². The van der Waals surface area contributed by atoms with Crippen molar-refractivity contribution in [3.8, 4) is 0 Å². The normalized spacial score (nSPS) is 21.7. The Balaban J connectivity index is 1.32. The average molecular weight is 559 g/mol. The molecule has 1 heterocycles. The molecule has 40 heavy (non-hydrogen) atoms. The maximum absolute atomic E-state index is 13.6. The molecule has 1 saturated heterocycles. The summed E-state index contributed by atoms with van der Waals surface area (Å²) in [5.74, 6) is -2.10. The number of imide groups is 1. The van der Waals surface area contributed by atoms with Crippen molar-refractivity contribution in [2.45, 2.75) is 63.0 Å². The zero-order valence-electron chi connectivity index (χ0n) is 21.7. The van der Waals surface area contributed by atoms with Gasteiger partial charge in [0.1, 0.15) is 6.54 Å². The van der Waals surface area contributed by atoms with Crippen molar-refractivity contribution < 1.29 is 37.1 Å². The summed E-state index contributed by atoms with van der Waals surface area (Å²) in [7, 11) is 0. The molecular weight excluding hydrogens is 529 g/mol. The van der Waals surface area contributed by atoms with E-state index in [9.17, 15) is 32.3 Å². The van der Waals surface area contributed by atoms with Gasteiger partial charge < -0.3 is 20.7 Å². The summed E-state index contributed by atoms with van der Waals surface area (Å²) >= 11 is 0. The molecule has 0 aromatic heterocycles. The van der Waals surface area contributed by atoms with Crippen LogP contribution in [0.25, 0.3) is 0 Å². The Bertz CT molecular complexity index is 1350. The van der Waals surface area contributed by atoms with Gasteiger partial charge in [0.25, 0.3) is 11.8 Å². The quantitative estimate of drug-likeness (QED) is 0.512. The summed E-state index contributed by atoms with van der Waals surface area (Å²) in [6.45, 7) is 1.84. The maximum atomic E-state index is 13.6. The van der Waals surface area contributed by atoms with Crippen molar-refractivity contribution >= 4 is 29.5 Å². The summed E-state index contributed by atoms with van der Waals surface area (Å²) in [6, 6.07) is 10.9. The average Bonchev–Trinajstić information content (AvgIpc) is 3.67. The number of amides is 4. The van der Waals surface area contributed by atoms with E-state index < -0.39 is 42.3 Å². The number of carbonyl (C=O) groups is 4. The molecule has 1 saturated carbocycles. The van der Waals surface area contributed by atoms with Crippen molar-refractivity contribution in [3.05, 3.63) is 65.2 Å². The Labute approximate surface area is 228 Å². The van der Waals surface area contributed by atoms with Gasteiger partial charge in [0, 0.05) is 30.3 Å². The third-order valence-electron chi connectivity index (χ3n) is 7.87. The molecule has 0 radical (unpaired) electrons. The largest absolute Gasteiger partial charge is 0.427 e. The fourth-order valence-electron chi connectivity index (χ4n) is 5.40. The lowest BCUT2D eigenvalue weighted by Gasteiger charge is -2.30. The van der Waals surface area contributed by atoms with Crippen LogP contribution in [-0.2, 0) is 37.7 Å². The molecule has 212 valence electrons. The highest BCUT2D eigenvalue weighted by Gasteiger charge is 2.58. The fourth-order valence-corrected chi connectivity index (χ4v) is 5.40. The predicted molar refractivity (Wildman–Crippen MR) is 136 cm³/mol. The summed E-state index contributed by atoms with van der Waals surface area (Å²) < 4.78 is 43.9. The Morgan fingerprint density at radius 2 is 1.88 bits per heavy atom. The van der Waals surface area contributed by atoms with Crippen LogP contribution in [0.1, 0.15) is 42.9 Å². The Hall–Kier alpha value is -3.93. The third-order valence-corrected chi connectivity index (χ3v) is 7.87. The topological polar surface area (TPSA) is 122 Å². The fraction of sp³-hybridized carbons (Fsp3) is 0.429. The van der Waals surface area contributed by atoms with Crippen LogP contribution in [0.3, 0.4) is 0 Å². The number of halogens is 3. The molecule has 0 bridgehead atoms. The van der Waals surface area contributed by atoms with Gasteiger partial charge in [-0.25, -0.2) is 9.69 Å². The molecule has 2 aromatic carbocycles. The first-order valence-corrected chi connectivity index (χ1v) is 13.1. The maximum Gasteiger partial charge on any atom is 0.418 e. The molecule has 3 atom stereocenters. The first kappa shape index (κ1) is 27.6. The van der Waals surface area contributed by atoms with Gasteiger partial charge in [-0.3, -0.25) is 14.4 Å². The van der Waals surface area contributed by atoms with Crippen LogP contribution in [0, 0.1) is 5.92 Å². The smallest absolute Gasteiger partial charge is 0.418 e. The molecule has 2 fully saturated rings. The van der Waals surface area contributed by atoms with E-state index in [2.05, 4.69) is 5.32 Å². The van der Waals surface area contributed by atoms with Gasteiger partial charge in [0.2, 0.25) is 11.5 Å². The third kappa shape index (κ3) is 5.15. The number of aryl methyl sites for hydroxylation is 1. The van der Waals surface area contributed by atoms with E-state index in [4.69, 9.17) is 10.5 Å². The highest BCUT2D eigenvalue weighted by atomic mass is 19.4. The summed E-state index contributed by atoms with van der Waals surface area (Å²) in [6.07, 6.45) is -3.45. The van der Waals surface area contributed by atoms with Crippen LogP contribution in [0.4, 0.5) is 23.7 Å². The minimum Gasteiger partial charge on any atom is -0.427 e. The lowest BCUT2D eigenvalue weighted by Crippen LogP contribution is -2.47.